The van der Waals surface area contributed by atoms with Crippen LogP contribution in [0.1, 0.15) is 61.3 Å². The van der Waals surface area contributed by atoms with Gasteiger partial charge in [0.1, 0.15) is 6.10 Å². The van der Waals surface area contributed by atoms with Crippen molar-refractivity contribution < 1.29 is 18.3 Å². The molecule has 3 aromatic carbocycles. The first-order valence-corrected chi connectivity index (χ1v) is 15.1. The Hall–Kier alpha value is -2.74. The molecule has 7 heteroatoms. The number of piperidine rings is 1. The van der Waals surface area contributed by atoms with Gasteiger partial charge in [0.25, 0.3) is 0 Å². The van der Waals surface area contributed by atoms with Crippen molar-refractivity contribution in [3.63, 3.8) is 0 Å². The number of nitrogens with one attached hydrogen (secondary N) is 1. The molecule has 1 fully saturated rings. The maximum atomic E-state index is 12.9. The summed E-state index contributed by atoms with van der Waals surface area (Å²) in [6.07, 6.45) is 5.11. The molecule has 0 radical (unpaired) electrons. The molecule has 3 aromatic rings. The van der Waals surface area contributed by atoms with Crippen LogP contribution < -0.4 is 5.32 Å². The SMILES string of the molecule is O=C(N[C@@H]1CCCc2cc(CN3CCCCC3)ccc21)C(O)CCS(=O)(=O)c1ccc2ccccc2c1. The second-order valence-electron chi connectivity index (χ2n) is 10.5. The second-order valence-corrected chi connectivity index (χ2v) is 12.6. The molecule has 1 saturated heterocycles. The van der Waals surface area contributed by atoms with Crippen molar-refractivity contribution >= 4 is 26.5 Å². The van der Waals surface area contributed by atoms with Crippen molar-refractivity contribution in [1.82, 2.24) is 10.2 Å². The van der Waals surface area contributed by atoms with Crippen LogP contribution in [0.4, 0.5) is 0 Å². The standard InChI is InChI=1S/C30H36N2O4S/c33-29(15-18-37(35,36)26-13-12-23-7-2-3-8-24(23)20-26)30(34)31-28-10-6-9-25-19-22(11-14-27(25)28)21-32-16-4-1-5-17-32/h2-3,7-8,11-14,19-20,28-29,33H,1,4-6,9-10,15-18,21H2,(H,31,34)/t28-,29?/m1/s1. The summed E-state index contributed by atoms with van der Waals surface area (Å²) >= 11 is 0. The van der Waals surface area contributed by atoms with Gasteiger partial charge in [0, 0.05) is 6.54 Å². The van der Waals surface area contributed by atoms with E-state index in [4.69, 9.17) is 0 Å². The van der Waals surface area contributed by atoms with E-state index < -0.39 is 21.8 Å². The number of fused-ring (bicyclic) bond motifs is 2. The van der Waals surface area contributed by atoms with Crippen LogP contribution in [0, 0.1) is 0 Å². The van der Waals surface area contributed by atoms with Gasteiger partial charge in [0.05, 0.1) is 16.7 Å². The van der Waals surface area contributed by atoms with Gasteiger partial charge in [-0.25, -0.2) is 8.42 Å². The zero-order chi connectivity index (χ0) is 25.8. The molecule has 0 bridgehead atoms. The zero-order valence-electron chi connectivity index (χ0n) is 21.2. The highest BCUT2D eigenvalue weighted by atomic mass is 32.2. The first-order valence-electron chi connectivity index (χ1n) is 13.4. The Morgan fingerprint density at radius 2 is 1.76 bits per heavy atom. The van der Waals surface area contributed by atoms with Crippen LogP contribution in [-0.2, 0) is 27.6 Å². The van der Waals surface area contributed by atoms with Crippen LogP contribution in [0.2, 0.25) is 0 Å². The molecule has 1 aliphatic heterocycles. The third-order valence-electron chi connectivity index (χ3n) is 7.74. The smallest absolute Gasteiger partial charge is 0.249 e. The van der Waals surface area contributed by atoms with Crippen molar-refractivity contribution in [3.05, 3.63) is 77.4 Å². The number of rotatable bonds is 8. The number of carbonyl (C=O) groups excluding carboxylic acids is 1. The molecule has 1 unspecified atom stereocenters. The molecule has 37 heavy (non-hydrogen) atoms. The monoisotopic (exact) mass is 520 g/mol. The van der Waals surface area contributed by atoms with Crippen molar-refractivity contribution in [2.24, 2.45) is 0 Å². The molecule has 1 aliphatic carbocycles. The number of carbonyl (C=O) groups is 1. The van der Waals surface area contributed by atoms with E-state index >= 15 is 0 Å². The summed E-state index contributed by atoms with van der Waals surface area (Å²) in [6, 6.07) is 19.0. The van der Waals surface area contributed by atoms with Crippen molar-refractivity contribution in [2.45, 2.75) is 68.5 Å². The summed E-state index contributed by atoms with van der Waals surface area (Å²) in [5.74, 6) is -0.801. The van der Waals surface area contributed by atoms with Gasteiger partial charge in [0.2, 0.25) is 5.91 Å². The molecule has 5 rings (SSSR count). The summed E-state index contributed by atoms with van der Waals surface area (Å²) in [6.45, 7) is 3.28. The Balaban J connectivity index is 1.19. The highest BCUT2D eigenvalue weighted by molar-refractivity contribution is 7.91. The number of aliphatic hydroxyl groups is 1. The van der Waals surface area contributed by atoms with Gasteiger partial charge in [-0.2, -0.15) is 0 Å². The molecule has 2 atom stereocenters. The number of aryl methyl sites for hydroxylation is 1. The predicted molar refractivity (Wildman–Crippen MR) is 146 cm³/mol. The van der Waals surface area contributed by atoms with Crippen LogP contribution >= 0.6 is 0 Å². The average Bonchev–Trinajstić information content (AvgIpc) is 2.92. The highest BCUT2D eigenvalue weighted by Gasteiger charge is 2.26. The van der Waals surface area contributed by atoms with Crippen LogP contribution in [0.15, 0.2) is 65.6 Å². The van der Waals surface area contributed by atoms with E-state index in [0.717, 1.165) is 55.2 Å². The number of hydrogen-bond acceptors (Lipinski definition) is 5. The minimum Gasteiger partial charge on any atom is -0.383 e. The fourth-order valence-electron chi connectivity index (χ4n) is 5.64. The Bertz CT molecular complexity index is 1370. The predicted octanol–water partition coefficient (Wildman–Crippen LogP) is 4.54. The van der Waals surface area contributed by atoms with E-state index in [9.17, 15) is 18.3 Å². The number of benzene rings is 3. The summed E-state index contributed by atoms with van der Waals surface area (Å²) in [4.78, 5) is 15.5. The lowest BCUT2D eigenvalue weighted by atomic mass is 9.86. The first-order chi connectivity index (χ1) is 17.9. The summed E-state index contributed by atoms with van der Waals surface area (Å²) in [5, 5.41) is 15.3. The minimum atomic E-state index is -3.62. The third-order valence-corrected chi connectivity index (χ3v) is 9.48. The summed E-state index contributed by atoms with van der Waals surface area (Å²) < 4.78 is 25.8. The van der Waals surface area contributed by atoms with Gasteiger partial charge >= 0.3 is 0 Å². The topological polar surface area (TPSA) is 86.7 Å². The lowest BCUT2D eigenvalue weighted by Crippen LogP contribution is -2.39. The first kappa shape index (κ1) is 25.9. The van der Waals surface area contributed by atoms with Gasteiger partial charge in [-0.3, -0.25) is 9.69 Å². The van der Waals surface area contributed by atoms with Gasteiger partial charge in [-0.1, -0.05) is 55.0 Å². The van der Waals surface area contributed by atoms with Crippen LogP contribution in [-0.4, -0.2) is 49.3 Å². The van der Waals surface area contributed by atoms with Crippen LogP contribution in [0.25, 0.3) is 10.8 Å². The Morgan fingerprint density at radius 3 is 2.57 bits per heavy atom. The van der Waals surface area contributed by atoms with E-state index in [-0.39, 0.29) is 23.1 Å². The molecule has 2 N–H and O–H groups in total. The molecule has 0 spiro atoms. The van der Waals surface area contributed by atoms with Crippen LogP contribution in [0.3, 0.4) is 0 Å². The van der Waals surface area contributed by atoms with Gasteiger partial charge in [-0.15, -0.1) is 0 Å². The summed E-state index contributed by atoms with van der Waals surface area (Å²) in [5.41, 5.74) is 3.68. The number of amides is 1. The largest absolute Gasteiger partial charge is 0.383 e. The molecule has 0 saturated carbocycles. The van der Waals surface area contributed by atoms with Crippen molar-refractivity contribution in [1.29, 1.82) is 0 Å². The molecule has 2 aliphatic rings. The zero-order valence-corrected chi connectivity index (χ0v) is 22.1. The Labute approximate surface area is 219 Å². The molecular weight excluding hydrogens is 484 g/mol. The average molecular weight is 521 g/mol. The molecule has 0 aromatic heterocycles. The minimum absolute atomic E-state index is 0.144. The van der Waals surface area contributed by atoms with E-state index in [1.165, 1.54) is 30.4 Å². The lowest BCUT2D eigenvalue weighted by Gasteiger charge is -2.29. The number of hydrogen-bond donors (Lipinski definition) is 2. The van der Waals surface area contributed by atoms with E-state index in [0.29, 0.717) is 0 Å². The van der Waals surface area contributed by atoms with E-state index in [1.54, 1.807) is 18.2 Å². The maximum Gasteiger partial charge on any atom is 0.249 e. The third kappa shape index (κ3) is 6.22. The quantitative estimate of drug-likeness (QED) is 0.455. The molecule has 1 heterocycles. The molecule has 6 nitrogen and oxygen atoms in total. The fourth-order valence-corrected chi connectivity index (χ4v) is 6.99. The summed E-state index contributed by atoms with van der Waals surface area (Å²) in [7, 11) is -3.62. The normalized spacial score (nSPS) is 19.3. The van der Waals surface area contributed by atoms with Gasteiger partial charge in [-0.05, 0) is 91.2 Å². The molecular formula is C30H36N2O4S. The van der Waals surface area contributed by atoms with Crippen LogP contribution in [0.5, 0.6) is 0 Å². The Morgan fingerprint density at radius 1 is 0.973 bits per heavy atom. The molecule has 196 valence electrons. The number of nitrogens with zero attached hydrogens (tertiary/aromatic N) is 1. The fraction of sp³-hybridized carbons (Fsp3) is 0.433. The van der Waals surface area contributed by atoms with E-state index in [2.05, 4.69) is 28.4 Å². The maximum absolute atomic E-state index is 12.9. The van der Waals surface area contributed by atoms with Crippen molar-refractivity contribution in [2.75, 3.05) is 18.8 Å². The highest BCUT2D eigenvalue weighted by Crippen LogP contribution is 2.31. The number of sulfone groups is 1. The lowest BCUT2D eigenvalue weighted by molar-refractivity contribution is -0.130. The second kappa shape index (κ2) is 11.3. The van der Waals surface area contributed by atoms with Gasteiger partial charge < -0.3 is 10.4 Å². The number of likely N-dealkylation sites (tertiary alicyclic amines) is 1. The molecule has 1 amide bonds. The Kier molecular flexibility index (Phi) is 7.93. The van der Waals surface area contributed by atoms with Crippen molar-refractivity contribution in [3.8, 4) is 0 Å². The van der Waals surface area contributed by atoms with E-state index in [1.807, 2.05) is 24.3 Å². The number of aliphatic hydroxyl groups excluding tert-OH is 1. The van der Waals surface area contributed by atoms with Gasteiger partial charge in [0.15, 0.2) is 9.84 Å².